The van der Waals surface area contributed by atoms with Crippen LogP contribution in [-0.4, -0.2) is 30.2 Å². The van der Waals surface area contributed by atoms with Crippen LogP contribution in [0.2, 0.25) is 0 Å². The van der Waals surface area contributed by atoms with Crippen LogP contribution in [0.3, 0.4) is 0 Å². The molecule has 22 heavy (non-hydrogen) atoms. The van der Waals surface area contributed by atoms with E-state index in [2.05, 4.69) is 11.3 Å². The van der Waals surface area contributed by atoms with Crippen molar-refractivity contribution < 1.29 is 36.2 Å². The molecule has 124 valence electrons. The van der Waals surface area contributed by atoms with Gasteiger partial charge in [0, 0.05) is 5.56 Å². The summed E-state index contributed by atoms with van der Waals surface area (Å²) in [4.78, 5) is 0. The fourth-order valence-electron chi connectivity index (χ4n) is 1.83. The molecule has 0 bridgehead atoms. The number of alkyl halides is 6. The lowest BCUT2D eigenvalue weighted by Gasteiger charge is -2.37. The first kappa shape index (κ1) is 18.5. The molecule has 0 aliphatic carbocycles. The Bertz CT molecular complexity index is 488. The van der Waals surface area contributed by atoms with Crippen LogP contribution in [0.1, 0.15) is 18.1 Å². The summed E-state index contributed by atoms with van der Waals surface area (Å²) in [6.07, 6.45) is -11.7. The topological polar surface area (TPSA) is 29.5 Å². The maximum Gasteiger partial charge on any atom is 0.430 e. The van der Waals surface area contributed by atoms with E-state index in [4.69, 9.17) is 5.11 Å². The molecule has 0 fully saturated rings. The third-order valence-corrected chi connectivity index (χ3v) is 2.89. The van der Waals surface area contributed by atoms with E-state index in [-0.39, 0.29) is 0 Å². The molecule has 8 heteroatoms. The van der Waals surface area contributed by atoms with E-state index < -0.39 is 36.2 Å². The molecule has 0 aromatic heterocycles. The SMILES string of the molecule is C=Cc1ccc(C(OCC(C)O)(C(F)(F)F)C(F)(F)F)cc1. The molecule has 1 aromatic carbocycles. The molecule has 0 saturated carbocycles. The Morgan fingerprint density at radius 1 is 1.09 bits per heavy atom. The third kappa shape index (κ3) is 3.44. The Labute approximate surface area is 123 Å². The van der Waals surface area contributed by atoms with Gasteiger partial charge in [-0.15, -0.1) is 0 Å². The van der Waals surface area contributed by atoms with Crippen molar-refractivity contribution in [2.75, 3.05) is 6.61 Å². The fourth-order valence-corrected chi connectivity index (χ4v) is 1.83. The maximum atomic E-state index is 13.2. The van der Waals surface area contributed by atoms with Crippen molar-refractivity contribution in [1.82, 2.24) is 0 Å². The Morgan fingerprint density at radius 2 is 1.55 bits per heavy atom. The van der Waals surface area contributed by atoms with Crippen LogP contribution in [0.15, 0.2) is 30.8 Å². The summed E-state index contributed by atoms with van der Waals surface area (Å²) in [5, 5.41) is 9.00. The van der Waals surface area contributed by atoms with E-state index in [1.807, 2.05) is 0 Å². The number of hydrogen-bond acceptors (Lipinski definition) is 2. The lowest BCUT2D eigenvalue weighted by Crippen LogP contribution is -2.56. The molecule has 0 heterocycles. The summed E-state index contributed by atoms with van der Waals surface area (Å²) in [6.45, 7) is 3.27. The highest BCUT2D eigenvalue weighted by Crippen LogP contribution is 2.53. The number of halogens is 6. The summed E-state index contributed by atoms with van der Waals surface area (Å²) in [7, 11) is 0. The van der Waals surface area contributed by atoms with Gasteiger partial charge < -0.3 is 9.84 Å². The van der Waals surface area contributed by atoms with Gasteiger partial charge in [-0.05, 0) is 12.5 Å². The van der Waals surface area contributed by atoms with Gasteiger partial charge in [-0.25, -0.2) is 0 Å². The highest BCUT2D eigenvalue weighted by atomic mass is 19.4. The van der Waals surface area contributed by atoms with Crippen molar-refractivity contribution in [3.8, 4) is 0 Å². The summed E-state index contributed by atoms with van der Waals surface area (Å²) < 4.78 is 83.6. The van der Waals surface area contributed by atoms with E-state index in [0.717, 1.165) is 19.1 Å². The van der Waals surface area contributed by atoms with Crippen molar-refractivity contribution in [3.63, 3.8) is 0 Å². The van der Waals surface area contributed by atoms with E-state index in [1.54, 1.807) is 0 Å². The zero-order valence-electron chi connectivity index (χ0n) is 11.5. The molecule has 0 aliphatic rings. The molecule has 0 radical (unpaired) electrons. The average Bonchev–Trinajstić information content (AvgIpc) is 2.36. The van der Waals surface area contributed by atoms with E-state index in [1.165, 1.54) is 6.08 Å². The summed E-state index contributed by atoms with van der Waals surface area (Å²) in [5.41, 5.74) is -5.26. The maximum absolute atomic E-state index is 13.2. The largest absolute Gasteiger partial charge is 0.430 e. The molecular weight excluding hydrogens is 314 g/mol. The van der Waals surface area contributed by atoms with Gasteiger partial charge in [-0.1, -0.05) is 36.9 Å². The molecule has 0 amide bonds. The van der Waals surface area contributed by atoms with Gasteiger partial charge in [-0.3, -0.25) is 0 Å². The van der Waals surface area contributed by atoms with Gasteiger partial charge >= 0.3 is 12.4 Å². The number of rotatable bonds is 5. The van der Waals surface area contributed by atoms with Crippen molar-refractivity contribution >= 4 is 6.08 Å². The Kier molecular flexibility index (Phi) is 5.30. The Hall–Kier alpha value is -1.54. The van der Waals surface area contributed by atoms with Crippen LogP contribution in [0.25, 0.3) is 6.08 Å². The third-order valence-electron chi connectivity index (χ3n) is 2.89. The number of aliphatic hydroxyl groups is 1. The van der Waals surface area contributed by atoms with Crippen molar-refractivity contribution in [3.05, 3.63) is 42.0 Å². The highest BCUT2D eigenvalue weighted by Gasteiger charge is 2.73. The summed E-state index contributed by atoms with van der Waals surface area (Å²) in [5.74, 6) is 0. The molecule has 1 aromatic rings. The smallest absolute Gasteiger partial charge is 0.391 e. The molecule has 1 unspecified atom stereocenters. The van der Waals surface area contributed by atoms with Gasteiger partial charge in [0.2, 0.25) is 0 Å². The minimum absolute atomic E-state index is 0.359. The van der Waals surface area contributed by atoms with Crippen LogP contribution in [0.4, 0.5) is 26.3 Å². The fraction of sp³-hybridized carbons (Fsp3) is 0.429. The molecule has 1 atom stereocenters. The van der Waals surface area contributed by atoms with Crippen molar-refractivity contribution in [2.45, 2.75) is 31.0 Å². The zero-order chi connectivity index (χ0) is 17.2. The zero-order valence-corrected chi connectivity index (χ0v) is 11.5. The van der Waals surface area contributed by atoms with Gasteiger partial charge in [0.15, 0.2) is 0 Å². The van der Waals surface area contributed by atoms with Crippen molar-refractivity contribution in [1.29, 1.82) is 0 Å². The predicted octanol–water partition coefficient (Wildman–Crippen LogP) is 4.05. The second-order valence-electron chi connectivity index (χ2n) is 4.66. The minimum atomic E-state index is -5.75. The lowest BCUT2D eigenvalue weighted by atomic mass is 9.91. The van der Waals surface area contributed by atoms with Crippen LogP contribution in [0.5, 0.6) is 0 Å². The van der Waals surface area contributed by atoms with E-state index in [9.17, 15) is 26.3 Å². The first-order chi connectivity index (χ1) is 9.95. The van der Waals surface area contributed by atoms with E-state index in [0.29, 0.717) is 17.7 Å². The standard InChI is InChI=1S/C14H14F6O2/c1-3-10-4-6-11(7-5-10)12(13(15,16)17,14(18,19)20)22-8-9(2)21/h3-7,9,21H,1,8H2,2H3. The molecule has 1 N–H and O–H groups in total. The van der Waals surface area contributed by atoms with Gasteiger partial charge in [0.25, 0.3) is 5.60 Å². The predicted molar refractivity (Wildman–Crippen MR) is 68.0 cm³/mol. The number of hydrogen-bond donors (Lipinski definition) is 1. The second kappa shape index (κ2) is 6.29. The Balaban J connectivity index is 3.49. The molecule has 0 spiro atoms. The molecule has 0 aliphatic heterocycles. The van der Waals surface area contributed by atoms with Gasteiger partial charge in [0.05, 0.1) is 12.7 Å². The van der Waals surface area contributed by atoms with Crippen LogP contribution in [0, 0.1) is 0 Å². The monoisotopic (exact) mass is 328 g/mol. The summed E-state index contributed by atoms with van der Waals surface area (Å²) in [6, 6.07) is 3.50. The minimum Gasteiger partial charge on any atom is -0.391 e. The molecular formula is C14H14F6O2. The van der Waals surface area contributed by atoms with Gasteiger partial charge in [0.1, 0.15) is 0 Å². The average molecular weight is 328 g/mol. The van der Waals surface area contributed by atoms with Crippen LogP contribution < -0.4 is 0 Å². The summed E-state index contributed by atoms with van der Waals surface area (Å²) >= 11 is 0. The molecule has 1 rings (SSSR count). The quantitative estimate of drug-likeness (QED) is 0.827. The Morgan fingerprint density at radius 3 is 1.86 bits per heavy atom. The second-order valence-corrected chi connectivity index (χ2v) is 4.66. The first-order valence-electron chi connectivity index (χ1n) is 6.14. The number of benzene rings is 1. The van der Waals surface area contributed by atoms with Gasteiger partial charge in [-0.2, -0.15) is 26.3 Å². The van der Waals surface area contributed by atoms with Crippen LogP contribution >= 0.6 is 0 Å². The molecule has 0 saturated heterocycles. The highest BCUT2D eigenvalue weighted by molar-refractivity contribution is 5.48. The lowest BCUT2D eigenvalue weighted by molar-refractivity contribution is -0.391. The number of ether oxygens (including phenoxy) is 1. The van der Waals surface area contributed by atoms with Crippen LogP contribution in [-0.2, 0) is 10.3 Å². The van der Waals surface area contributed by atoms with Crippen molar-refractivity contribution in [2.24, 2.45) is 0 Å². The first-order valence-corrected chi connectivity index (χ1v) is 6.14. The molecule has 2 nitrogen and oxygen atoms in total. The van der Waals surface area contributed by atoms with E-state index >= 15 is 0 Å². The normalized spacial score (nSPS) is 14.7. The number of aliphatic hydroxyl groups excluding tert-OH is 1.